The summed E-state index contributed by atoms with van der Waals surface area (Å²) >= 11 is 0. The Labute approximate surface area is 171 Å². The molecule has 0 saturated heterocycles. The fourth-order valence-corrected chi connectivity index (χ4v) is 4.01. The van der Waals surface area contributed by atoms with Gasteiger partial charge in [0.2, 0.25) is 10.0 Å². The van der Waals surface area contributed by atoms with Crippen LogP contribution in [-0.4, -0.2) is 37.1 Å². The molecule has 1 amide bonds. The van der Waals surface area contributed by atoms with Crippen LogP contribution >= 0.6 is 0 Å². The molecule has 0 fully saturated rings. The highest BCUT2D eigenvalue weighted by molar-refractivity contribution is 7.92. The average molecular weight is 422 g/mol. The summed E-state index contributed by atoms with van der Waals surface area (Å²) in [4.78, 5) is 27.8. The molecule has 0 aliphatic rings. The van der Waals surface area contributed by atoms with E-state index >= 15 is 0 Å². The quantitative estimate of drug-likeness (QED) is 0.563. The topological polar surface area (TPSA) is 117 Å². The number of carbonyl (C=O) groups is 2. The molecule has 1 aromatic heterocycles. The van der Waals surface area contributed by atoms with E-state index in [2.05, 4.69) is 15.0 Å². The van der Waals surface area contributed by atoms with E-state index in [0.717, 1.165) is 0 Å². The van der Waals surface area contributed by atoms with Crippen LogP contribution in [-0.2, 0) is 14.8 Å². The summed E-state index contributed by atoms with van der Waals surface area (Å²) in [5, 5.41) is 2.73. The number of esters is 1. The van der Waals surface area contributed by atoms with Crippen LogP contribution in [0.3, 0.4) is 0 Å². The predicted octanol–water partition coefficient (Wildman–Crippen LogP) is 3.60. The van der Waals surface area contributed by atoms with Crippen LogP contribution in [0.2, 0.25) is 0 Å². The van der Waals surface area contributed by atoms with Gasteiger partial charge >= 0.3 is 5.97 Å². The standard InChI is InChI=1S/C20H27N3O5S/c1-6-11-29(26,27)23-16-9-7-15(8-10-16)22-19(24)18-13(4)17(14(5)21-18)20(25)28-12(2)3/h7-10,12,21,23H,6,11H2,1-5H3,(H,22,24). The monoisotopic (exact) mass is 421 g/mol. The van der Waals surface area contributed by atoms with Gasteiger partial charge in [0.05, 0.1) is 17.4 Å². The summed E-state index contributed by atoms with van der Waals surface area (Å²) < 4.78 is 31.4. The third-order valence-corrected chi connectivity index (χ3v) is 5.59. The summed E-state index contributed by atoms with van der Waals surface area (Å²) in [6.45, 7) is 8.69. The van der Waals surface area contributed by atoms with Crippen LogP contribution in [0.5, 0.6) is 0 Å². The van der Waals surface area contributed by atoms with Crippen molar-refractivity contribution in [3.8, 4) is 0 Å². The molecule has 0 bridgehead atoms. The number of anilines is 2. The highest BCUT2D eigenvalue weighted by Gasteiger charge is 2.23. The van der Waals surface area contributed by atoms with E-state index in [-0.39, 0.29) is 17.6 Å². The molecule has 29 heavy (non-hydrogen) atoms. The molecule has 2 aromatic rings. The first-order valence-corrected chi connectivity index (χ1v) is 11.0. The molecule has 0 saturated carbocycles. The number of aromatic nitrogens is 1. The number of nitrogens with one attached hydrogen (secondary N) is 3. The van der Waals surface area contributed by atoms with Crippen molar-refractivity contribution in [2.24, 2.45) is 0 Å². The van der Waals surface area contributed by atoms with Crippen molar-refractivity contribution in [3.63, 3.8) is 0 Å². The molecule has 0 aliphatic heterocycles. The first kappa shape index (κ1) is 22.5. The van der Waals surface area contributed by atoms with E-state index in [9.17, 15) is 18.0 Å². The van der Waals surface area contributed by atoms with E-state index in [1.165, 1.54) is 0 Å². The van der Waals surface area contributed by atoms with Crippen LogP contribution in [0.15, 0.2) is 24.3 Å². The Kier molecular flexibility index (Phi) is 7.07. The van der Waals surface area contributed by atoms with Gasteiger partial charge in [0.1, 0.15) is 5.69 Å². The molecule has 0 atom stereocenters. The Balaban J connectivity index is 2.14. The molecule has 1 heterocycles. The Morgan fingerprint density at radius 1 is 1.10 bits per heavy atom. The minimum atomic E-state index is -3.37. The molecule has 1 aromatic carbocycles. The fraction of sp³-hybridized carbons (Fsp3) is 0.400. The van der Waals surface area contributed by atoms with Crippen molar-refractivity contribution < 1.29 is 22.7 Å². The number of aryl methyl sites for hydroxylation is 1. The summed E-state index contributed by atoms with van der Waals surface area (Å²) in [5.74, 6) is -0.846. The second kappa shape index (κ2) is 9.13. The zero-order valence-corrected chi connectivity index (χ0v) is 18.1. The summed E-state index contributed by atoms with van der Waals surface area (Å²) in [6.07, 6.45) is 0.257. The number of hydrogen-bond donors (Lipinski definition) is 3. The number of H-pyrrole nitrogens is 1. The Morgan fingerprint density at radius 2 is 1.69 bits per heavy atom. The highest BCUT2D eigenvalue weighted by Crippen LogP contribution is 2.21. The van der Waals surface area contributed by atoms with Gasteiger partial charge in [0, 0.05) is 17.1 Å². The Bertz CT molecular complexity index is 992. The minimum absolute atomic E-state index is 0.0402. The number of ether oxygens (including phenoxy) is 1. The number of amides is 1. The molecule has 0 aliphatic carbocycles. The zero-order chi connectivity index (χ0) is 21.8. The SMILES string of the molecule is CCCS(=O)(=O)Nc1ccc(NC(=O)c2[nH]c(C)c(C(=O)OC(C)C)c2C)cc1. The van der Waals surface area contributed by atoms with Crippen LogP contribution in [0, 0.1) is 13.8 Å². The van der Waals surface area contributed by atoms with Crippen LogP contribution < -0.4 is 10.0 Å². The number of hydrogen-bond acceptors (Lipinski definition) is 5. The maximum Gasteiger partial charge on any atom is 0.340 e. The second-order valence-corrected chi connectivity index (χ2v) is 8.87. The van der Waals surface area contributed by atoms with Crippen LogP contribution in [0.4, 0.5) is 11.4 Å². The largest absolute Gasteiger partial charge is 0.459 e. The zero-order valence-electron chi connectivity index (χ0n) is 17.3. The average Bonchev–Trinajstić information content (AvgIpc) is 2.90. The van der Waals surface area contributed by atoms with E-state index in [4.69, 9.17) is 4.74 Å². The van der Waals surface area contributed by atoms with Crippen LogP contribution in [0.25, 0.3) is 0 Å². The lowest BCUT2D eigenvalue weighted by Gasteiger charge is -2.09. The maximum absolute atomic E-state index is 12.6. The van der Waals surface area contributed by atoms with Gasteiger partial charge in [-0.05, 0) is 63.9 Å². The first-order valence-electron chi connectivity index (χ1n) is 9.36. The summed E-state index contributed by atoms with van der Waals surface area (Å²) in [7, 11) is -3.37. The van der Waals surface area contributed by atoms with Gasteiger partial charge in [-0.3, -0.25) is 9.52 Å². The molecule has 158 valence electrons. The van der Waals surface area contributed by atoms with E-state index < -0.39 is 21.9 Å². The number of aromatic amines is 1. The van der Waals surface area contributed by atoms with E-state index in [1.807, 2.05) is 0 Å². The van der Waals surface area contributed by atoms with Crippen molar-refractivity contribution in [1.82, 2.24) is 4.98 Å². The third-order valence-electron chi connectivity index (χ3n) is 4.10. The molecular formula is C20H27N3O5S. The Hall–Kier alpha value is -2.81. The second-order valence-electron chi connectivity index (χ2n) is 7.03. The van der Waals surface area contributed by atoms with E-state index in [1.54, 1.807) is 58.9 Å². The molecule has 8 nitrogen and oxygen atoms in total. The lowest BCUT2D eigenvalue weighted by Crippen LogP contribution is -2.16. The number of benzene rings is 1. The smallest absolute Gasteiger partial charge is 0.340 e. The normalized spacial score (nSPS) is 11.4. The van der Waals surface area contributed by atoms with Crippen molar-refractivity contribution in [2.75, 3.05) is 15.8 Å². The van der Waals surface area contributed by atoms with E-state index in [0.29, 0.717) is 34.6 Å². The predicted molar refractivity (Wildman–Crippen MR) is 113 cm³/mol. The molecule has 3 N–H and O–H groups in total. The van der Waals surface area contributed by atoms with Crippen molar-refractivity contribution in [2.45, 2.75) is 47.1 Å². The summed E-state index contributed by atoms with van der Waals surface area (Å²) in [6, 6.07) is 6.34. The van der Waals surface area contributed by atoms with Crippen molar-refractivity contribution in [1.29, 1.82) is 0 Å². The number of carbonyl (C=O) groups excluding carboxylic acids is 2. The molecule has 0 spiro atoms. The molecule has 0 unspecified atom stereocenters. The number of sulfonamides is 1. The summed E-state index contributed by atoms with van der Waals surface area (Å²) in [5.41, 5.74) is 2.59. The first-order chi connectivity index (χ1) is 13.5. The minimum Gasteiger partial charge on any atom is -0.459 e. The fourth-order valence-electron chi connectivity index (χ4n) is 2.87. The van der Waals surface area contributed by atoms with Crippen molar-refractivity contribution in [3.05, 3.63) is 46.8 Å². The van der Waals surface area contributed by atoms with Gasteiger partial charge in [-0.1, -0.05) is 6.92 Å². The number of rotatable bonds is 8. The molecular weight excluding hydrogens is 394 g/mol. The molecule has 9 heteroatoms. The van der Waals surface area contributed by atoms with Gasteiger partial charge in [0.25, 0.3) is 5.91 Å². The van der Waals surface area contributed by atoms with Gasteiger partial charge < -0.3 is 15.0 Å². The lowest BCUT2D eigenvalue weighted by atomic mass is 10.1. The van der Waals surface area contributed by atoms with Gasteiger partial charge in [-0.15, -0.1) is 0 Å². The Morgan fingerprint density at radius 3 is 2.24 bits per heavy atom. The van der Waals surface area contributed by atoms with Gasteiger partial charge in [-0.25, -0.2) is 13.2 Å². The third kappa shape index (κ3) is 5.83. The maximum atomic E-state index is 12.6. The van der Waals surface area contributed by atoms with Gasteiger partial charge in [-0.2, -0.15) is 0 Å². The van der Waals surface area contributed by atoms with Gasteiger partial charge in [0.15, 0.2) is 0 Å². The highest BCUT2D eigenvalue weighted by atomic mass is 32.2. The lowest BCUT2D eigenvalue weighted by molar-refractivity contribution is 0.0376. The molecule has 2 rings (SSSR count). The van der Waals surface area contributed by atoms with Crippen LogP contribution in [0.1, 0.15) is 59.3 Å². The molecule has 0 radical (unpaired) electrons. The van der Waals surface area contributed by atoms with Crippen molar-refractivity contribution >= 4 is 33.3 Å².